The molecule has 3 rings (SSSR count). The molecule has 0 aromatic heterocycles. The Morgan fingerprint density at radius 2 is 2.33 bits per heavy atom. The van der Waals surface area contributed by atoms with Crippen LogP contribution in [0.2, 0.25) is 0 Å². The molecule has 4 heteroatoms. The Bertz CT molecular complexity index is 348. The van der Waals surface area contributed by atoms with Gasteiger partial charge in [0.25, 0.3) is 0 Å². The summed E-state index contributed by atoms with van der Waals surface area (Å²) in [5.41, 5.74) is 0. The standard InChI is InChI=1S/C11H12O4/c1-2-8(12)14-9-5-3-6-7(4-5)11(13)15-10(6)9/h2,5-7,9-10H,1,3-4H2. The number of ether oxygens (including phenoxy) is 2. The van der Waals surface area contributed by atoms with E-state index in [2.05, 4.69) is 6.58 Å². The summed E-state index contributed by atoms with van der Waals surface area (Å²) in [4.78, 5) is 22.5. The highest BCUT2D eigenvalue weighted by molar-refractivity contribution is 5.82. The molecule has 0 aromatic carbocycles. The van der Waals surface area contributed by atoms with Gasteiger partial charge in [-0.3, -0.25) is 4.79 Å². The van der Waals surface area contributed by atoms with E-state index in [1.807, 2.05) is 0 Å². The maximum Gasteiger partial charge on any atom is 0.330 e. The second kappa shape index (κ2) is 2.84. The van der Waals surface area contributed by atoms with Gasteiger partial charge in [0, 0.05) is 17.9 Å². The summed E-state index contributed by atoms with van der Waals surface area (Å²) >= 11 is 0. The Kier molecular flexibility index (Phi) is 1.69. The quantitative estimate of drug-likeness (QED) is 0.494. The Labute approximate surface area is 87.2 Å². The van der Waals surface area contributed by atoms with E-state index < -0.39 is 5.97 Å². The fourth-order valence-corrected chi connectivity index (χ4v) is 3.25. The van der Waals surface area contributed by atoms with Crippen LogP contribution in [0.1, 0.15) is 12.8 Å². The van der Waals surface area contributed by atoms with Gasteiger partial charge in [-0.1, -0.05) is 6.58 Å². The van der Waals surface area contributed by atoms with Crippen LogP contribution in [0.3, 0.4) is 0 Å². The third-order valence-electron chi connectivity index (χ3n) is 3.83. The molecule has 0 aromatic rings. The summed E-state index contributed by atoms with van der Waals surface area (Å²) in [6, 6.07) is 0. The number of carbonyl (C=O) groups is 2. The summed E-state index contributed by atoms with van der Waals surface area (Å²) < 4.78 is 10.5. The van der Waals surface area contributed by atoms with E-state index in [9.17, 15) is 9.59 Å². The number of esters is 2. The Balaban J connectivity index is 1.80. The van der Waals surface area contributed by atoms with Gasteiger partial charge in [0.05, 0.1) is 5.92 Å². The van der Waals surface area contributed by atoms with Gasteiger partial charge in [-0.15, -0.1) is 0 Å². The minimum absolute atomic E-state index is 0.0682. The van der Waals surface area contributed by atoms with Crippen LogP contribution in [0.15, 0.2) is 12.7 Å². The maximum absolute atomic E-state index is 11.4. The molecular weight excluding hydrogens is 196 g/mol. The molecule has 0 spiro atoms. The Morgan fingerprint density at radius 1 is 1.53 bits per heavy atom. The highest BCUT2D eigenvalue weighted by Crippen LogP contribution is 2.55. The normalized spacial score (nSPS) is 45.3. The largest absolute Gasteiger partial charge is 0.458 e. The lowest BCUT2D eigenvalue weighted by Gasteiger charge is -2.24. The van der Waals surface area contributed by atoms with Crippen molar-refractivity contribution in [2.75, 3.05) is 0 Å². The molecular formula is C11H12O4. The van der Waals surface area contributed by atoms with Crippen molar-refractivity contribution in [1.29, 1.82) is 0 Å². The van der Waals surface area contributed by atoms with Crippen LogP contribution in [0.4, 0.5) is 0 Å². The molecule has 3 fully saturated rings. The molecule has 5 unspecified atom stereocenters. The van der Waals surface area contributed by atoms with Crippen LogP contribution in [0, 0.1) is 17.8 Å². The van der Waals surface area contributed by atoms with Crippen molar-refractivity contribution in [2.24, 2.45) is 17.8 Å². The van der Waals surface area contributed by atoms with Crippen molar-refractivity contribution in [3.05, 3.63) is 12.7 Å². The van der Waals surface area contributed by atoms with E-state index in [0.717, 1.165) is 18.9 Å². The number of rotatable bonds is 2. The van der Waals surface area contributed by atoms with Crippen LogP contribution < -0.4 is 0 Å². The second-order valence-electron chi connectivity index (χ2n) is 4.51. The molecule has 80 valence electrons. The van der Waals surface area contributed by atoms with Gasteiger partial charge in [0.2, 0.25) is 0 Å². The lowest BCUT2D eigenvalue weighted by Crippen LogP contribution is -2.35. The molecule has 2 saturated carbocycles. The zero-order valence-electron chi connectivity index (χ0n) is 8.22. The summed E-state index contributed by atoms with van der Waals surface area (Å²) in [5.74, 6) is 0.126. The molecule has 1 saturated heterocycles. The van der Waals surface area contributed by atoms with Gasteiger partial charge in [-0.25, -0.2) is 4.79 Å². The van der Waals surface area contributed by atoms with Crippen LogP contribution in [-0.4, -0.2) is 24.1 Å². The highest BCUT2D eigenvalue weighted by Gasteiger charge is 2.63. The fourth-order valence-electron chi connectivity index (χ4n) is 3.25. The SMILES string of the molecule is C=CC(=O)OC1C2CC3C(=O)OC1C3C2. The average Bonchev–Trinajstić information content (AvgIpc) is 2.81. The highest BCUT2D eigenvalue weighted by atomic mass is 16.6. The molecule has 2 aliphatic carbocycles. The lowest BCUT2D eigenvalue weighted by atomic mass is 9.88. The smallest absolute Gasteiger partial charge is 0.330 e. The van der Waals surface area contributed by atoms with Gasteiger partial charge < -0.3 is 9.47 Å². The number of fused-ring (bicyclic) bond motifs is 1. The van der Waals surface area contributed by atoms with E-state index in [-0.39, 0.29) is 30.0 Å². The molecule has 0 N–H and O–H groups in total. The minimum Gasteiger partial charge on any atom is -0.458 e. The zero-order chi connectivity index (χ0) is 10.6. The Morgan fingerprint density at radius 3 is 3.07 bits per heavy atom. The fraction of sp³-hybridized carbons (Fsp3) is 0.636. The van der Waals surface area contributed by atoms with Gasteiger partial charge >= 0.3 is 11.9 Å². The van der Waals surface area contributed by atoms with Crippen LogP contribution >= 0.6 is 0 Å². The molecule has 2 bridgehead atoms. The third kappa shape index (κ3) is 1.07. The molecule has 4 nitrogen and oxygen atoms in total. The summed E-state index contributed by atoms with van der Waals surface area (Å²) in [5, 5.41) is 0. The van der Waals surface area contributed by atoms with Crippen molar-refractivity contribution in [1.82, 2.24) is 0 Å². The van der Waals surface area contributed by atoms with E-state index in [0.29, 0.717) is 5.92 Å². The molecule has 1 aliphatic heterocycles. The van der Waals surface area contributed by atoms with Crippen LogP contribution in [0.25, 0.3) is 0 Å². The number of hydrogen-bond acceptors (Lipinski definition) is 4. The summed E-state index contributed by atoms with van der Waals surface area (Å²) in [6.45, 7) is 3.36. The molecule has 3 aliphatic rings. The first-order chi connectivity index (χ1) is 7.20. The van der Waals surface area contributed by atoms with E-state index >= 15 is 0 Å². The van der Waals surface area contributed by atoms with Crippen molar-refractivity contribution in [3.8, 4) is 0 Å². The van der Waals surface area contributed by atoms with Gasteiger partial charge in [-0.2, -0.15) is 0 Å². The molecule has 0 radical (unpaired) electrons. The minimum atomic E-state index is -0.424. The first-order valence-electron chi connectivity index (χ1n) is 5.24. The molecule has 1 heterocycles. The van der Waals surface area contributed by atoms with E-state index in [1.54, 1.807) is 0 Å². The first-order valence-corrected chi connectivity index (χ1v) is 5.24. The van der Waals surface area contributed by atoms with E-state index in [1.165, 1.54) is 0 Å². The van der Waals surface area contributed by atoms with Crippen molar-refractivity contribution in [3.63, 3.8) is 0 Å². The summed E-state index contributed by atoms with van der Waals surface area (Å²) in [6.07, 6.45) is 2.50. The van der Waals surface area contributed by atoms with Gasteiger partial charge in [-0.05, 0) is 12.8 Å². The van der Waals surface area contributed by atoms with Gasteiger partial charge in [0.15, 0.2) is 0 Å². The molecule has 5 atom stereocenters. The first kappa shape index (κ1) is 8.95. The zero-order valence-corrected chi connectivity index (χ0v) is 8.22. The van der Waals surface area contributed by atoms with Crippen molar-refractivity contribution < 1.29 is 19.1 Å². The second-order valence-corrected chi connectivity index (χ2v) is 4.51. The third-order valence-corrected chi connectivity index (χ3v) is 3.83. The Hall–Kier alpha value is -1.32. The molecule has 15 heavy (non-hydrogen) atoms. The number of hydrogen-bond donors (Lipinski definition) is 0. The monoisotopic (exact) mass is 208 g/mol. The van der Waals surface area contributed by atoms with Crippen molar-refractivity contribution >= 4 is 11.9 Å². The predicted molar refractivity (Wildman–Crippen MR) is 49.7 cm³/mol. The topological polar surface area (TPSA) is 52.6 Å². The van der Waals surface area contributed by atoms with Crippen molar-refractivity contribution in [2.45, 2.75) is 25.0 Å². The summed E-state index contributed by atoms with van der Waals surface area (Å²) in [7, 11) is 0. The molecule has 0 amide bonds. The van der Waals surface area contributed by atoms with Crippen LogP contribution in [-0.2, 0) is 19.1 Å². The van der Waals surface area contributed by atoms with Crippen LogP contribution in [0.5, 0.6) is 0 Å². The lowest BCUT2D eigenvalue weighted by molar-refractivity contribution is -0.157. The van der Waals surface area contributed by atoms with E-state index in [4.69, 9.17) is 9.47 Å². The average molecular weight is 208 g/mol. The van der Waals surface area contributed by atoms with Gasteiger partial charge in [0.1, 0.15) is 12.2 Å². The predicted octanol–water partition coefficient (Wildman–Crippen LogP) is 0.666. The maximum atomic E-state index is 11.4. The number of carbonyl (C=O) groups excluding carboxylic acids is 2.